The van der Waals surface area contributed by atoms with E-state index in [0.717, 1.165) is 15.7 Å². The van der Waals surface area contributed by atoms with E-state index < -0.39 is 11.7 Å². The number of aliphatic imine (C=N–C) groups is 1. The van der Waals surface area contributed by atoms with Crippen LogP contribution in [0.4, 0.5) is 4.79 Å². The monoisotopic (exact) mass is 331 g/mol. The maximum absolute atomic E-state index is 11.5. The van der Waals surface area contributed by atoms with Crippen LogP contribution in [0.15, 0.2) is 10.4 Å². The highest BCUT2D eigenvalue weighted by Crippen LogP contribution is 2.15. The Balaban J connectivity index is 0.00000191. The van der Waals surface area contributed by atoms with Gasteiger partial charge in [-0.3, -0.25) is 4.99 Å². The predicted octanol–water partition coefficient (Wildman–Crippen LogP) is 3.93. The van der Waals surface area contributed by atoms with Crippen molar-refractivity contribution in [1.82, 2.24) is 10.3 Å². The van der Waals surface area contributed by atoms with Gasteiger partial charge in [-0.25, -0.2) is 9.78 Å². The molecule has 0 bridgehead atoms. The van der Waals surface area contributed by atoms with Crippen LogP contribution in [0.5, 0.6) is 0 Å². The number of alkyl carbamates (subject to hydrolysis) is 1. The number of nitrogens with zero attached hydrogens (tertiary/aromatic N) is 2. The van der Waals surface area contributed by atoms with Crippen LogP contribution >= 0.6 is 23.1 Å². The van der Waals surface area contributed by atoms with Crippen LogP contribution in [-0.4, -0.2) is 35.0 Å². The van der Waals surface area contributed by atoms with Crippen LogP contribution in [0.2, 0.25) is 0 Å². The average molecular weight is 332 g/mol. The lowest BCUT2D eigenvalue weighted by Crippen LogP contribution is -2.32. The molecule has 0 fully saturated rings. The molecule has 7 heteroatoms. The molecular formula is C14H25N3O2S2. The van der Waals surface area contributed by atoms with E-state index in [1.165, 1.54) is 11.3 Å². The highest BCUT2D eigenvalue weighted by Gasteiger charge is 2.16. The number of amides is 1. The maximum Gasteiger partial charge on any atom is 0.408 e. The Morgan fingerprint density at radius 1 is 1.48 bits per heavy atom. The SMILES string of the molecule is CC.CN=C(SC)c1csc(CNC(=O)OC(C)(C)C)n1. The van der Waals surface area contributed by atoms with Gasteiger partial charge >= 0.3 is 6.09 Å². The topological polar surface area (TPSA) is 63.6 Å². The van der Waals surface area contributed by atoms with Gasteiger partial charge in [0.1, 0.15) is 21.3 Å². The molecule has 0 atom stereocenters. The van der Waals surface area contributed by atoms with Crippen LogP contribution in [-0.2, 0) is 11.3 Å². The van der Waals surface area contributed by atoms with E-state index in [0.29, 0.717) is 6.54 Å². The van der Waals surface area contributed by atoms with Gasteiger partial charge in [-0.15, -0.1) is 23.1 Å². The van der Waals surface area contributed by atoms with E-state index in [-0.39, 0.29) is 0 Å². The number of rotatable bonds is 3. The van der Waals surface area contributed by atoms with Crippen molar-refractivity contribution in [3.05, 3.63) is 16.1 Å². The molecule has 0 aliphatic carbocycles. The molecule has 0 aliphatic rings. The summed E-state index contributed by atoms with van der Waals surface area (Å²) in [5.74, 6) is 0. The first-order valence-corrected chi connectivity index (χ1v) is 8.88. The first-order chi connectivity index (χ1) is 9.85. The van der Waals surface area contributed by atoms with Crippen molar-refractivity contribution in [2.24, 2.45) is 4.99 Å². The Morgan fingerprint density at radius 3 is 2.57 bits per heavy atom. The molecule has 1 heterocycles. The van der Waals surface area contributed by atoms with Crippen LogP contribution < -0.4 is 5.32 Å². The average Bonchev–Trinajstić information content (AvgIpc) is 2.87. The van der Waals surface area contributed by atoms with Gasteiger partial charge in [0.2, 0.25) is 0 Å². The summed E-state index contributed by atoms with van der Waals surface area (Å²) in [4.78, 5) is 20.1. The molecule has 0 spiro atoms. The third kappa shape index (κ3) is 8.06. The smallest absolute Gasteiger partial charge is 0.408 e. The number of thioether (sulfide) groups is 1. The molecule has 5 nitrogen and oxygen atoms in total. The quantitative estimate of drug-likeness (QED) is 0.673. The zero-order chi connectivity index (χ0) is 16.5. The summed E-state index contributed by atoms with van der Waals surface area (Å²) in [5.41, 5.74) is 0.361. The summed E-state index contributed by atoms with van der Waals surface area (Å²) in [7, 11) is 1.74. The number of ether oxygens (including phenoxy) is 1. The summed E-state index contributed by atoms with van der Waals surface area (Å²) in [6, 6.07) is 0. The maximum atomic E-state index is 11.5. The van der Waals surface area contributed by atoms with E-state index in [9.17, 15) is 4.79 Å². The number of aromatic nitrogens is 1. The predicted molar refractivity (Wildman–Crippen MR) is 92.5 cm³/mol. The minimum Gasteiger partial charge on any atom is -0.444 e. The minimum atomic E-state index is -0.487. The summed E-state index contributed by atoms with van der Waals surface area (Å²) in [6.07, 6.45) is 1.53. The molecule has 0 saturated carbocycles. The standard InChI is InChI=1S/C12H19N3O2S2.C2H6/c1-12(2,3)17-11(16)14-6-9-15-8(7-19-9)10(13-4)18-5;1-2/h7H,6H2,1-5H3,(H,14,16);1-2H3. The third-order valence-electron chi connectivity index (χ3n) is 1.95. The second kappa shape index (κ2) is 9.78. The molecule has 1 amide bonds. The first-order valence-electron chi connectivity index (χ1n) is 6.78. The van der Waals surface area contributed by atoms with Crippen molar-refractivity contribution >= 4 is 34.2 Å². The Hall–Kier alpha value is -1.08. The van der Waals surface area contributed by atoms with E-state index in [2.05, 4.69) is 15.3 Å². The van der Waals surface area contributed by atoms with Crippen molar-refractivity contribution in [1.29, 1.82) is 0 Å². The number of hydrogen-bond donors (Lipinski definition) is 1. The number of nitrogens with one attached hydrogen (secondary N) is 1. The van der Waals surface area contributed by atoms with E-state index in [4.69, 9.17) is 4.74 Å². The highest BCUT2D eigenvalue weighted by atomic mass is 32.2. The van der Waals surface area contributed by atoms with Gasteiger partial charge in [0.05, 0.1) is 6.54 Å². The van der Waals surface area contributed by atoms with Crippen LogP contribution in [0.3, 0.4) is 0 Å². The minimum absolute atomic E-state index is 0.366. The van der Waals surface area contributed by atoms with Crippen LogP contribution in [0.1, 0.15) is 45.3 Å². The van der Waals surface area contributed by atoms with Crippen molar-refractivity contribution < 1.29 is 9.53 Å². The highest BCUT2D eigenvalue weighted by molar-refractivity contribution is 8.13. The molecule has 120 valence electrons. The first kappa shape index (κ1) is 19.9. The van der Waals surface area contributed by atoms with Gasteiger partial charge < -0.3 is 10.1 Å². The fraction of sp³-hybridized carbons (Fsp3) is 0.643. The molecule has 0 radical (unpaired) electrons. The zero-order valence-corrected chi connectivity index (χ0v) is 15.4. The van der Waals surface area contributed by atoms with E-state index >= 15 is 0 Å². The van der Waals surface area contributed by atoms with Crippen molar-refractivity contribution in [3.8, 4) is 0 Å². The Labute approximate surface area is 135 Å². The molecule has 0 aromatic carbocycles. The molecule has 1 aromatic rings. The largest absolute Gasteiger partial charge is 0.444 e. The van der Waals surface area contributed by atoms with Crippen molar-refractivity contribution in [2.45, 2.75) is 46.8 Å². The molecule has 0 aliphatic heterocycles. The van der Waals surface area contributed by atoms with Gasteiger partial charge in [-0.1, -0.05) is 13.8 Å². The molecule has 1 aromatic heterocycles. The van der Waals surface area contributed by atoms with E-state index in [1.54, 1.807) is 18.8 Å². The van der Waals surface area contributed by atoms with Gasteiger partial charge in [-0.2, -0.15) is 0 Å². The lowest BCUT2D eigenvalue weighted by Gasteiger charge is -2.19. The number of carbonyl (C=O) groups excluding carboxylic acids is 1. The number of hydrogen-bond acceptors (Lipinski definition) is 6. The fourth-order valence-corrected chi connectivity index (χ4v) is 2.55. The molecule has 21 heavy (non-hydrogen) atoms. The fourth-order valence-electron chi connectivity index (χ4n) is 1.26. The van der Waals surface area contributed by atoms with Gasteiger partial charge in [0.25, 0.3) is 0 Å². The van der Waals surface area contributed by atoms with Crippen molar-refractivity contribution in [2.75, 3.05) is 13.3 Å². The number of thiazole rings is 1. The van der Waals surface area contributed by atoms with Crippen LogP contribution in [0, 0.1) is 0 Å². The zero-order valence-electron chi connectivity index (χ0n) is 13.8. The summed E-state index contributed by atoms with van der Waals surface area (Å²) < 4.78 is 5.15. The summed E-state index contributed by atoms with van der Waals surface area (Å²) in [5, 5.41) is 6.34. The van der Waals surface area contributed by atoms with Gasteiger partial charge in [-0.05, 0) is 27.0 Å². The van der Waals surface area contributed by atoms with Gasteiger partial charge in [0, 0.05) is 12.4 Å². The lowest BCUT2D eigenvalue weighted by molar-refractivity contribution is 0.0523. The molecule has 1 N–H and O–H groups in total. The summed E-state index contributed by atoms with van der Waals surface area (Å²) in [6.45, 7) is 9.86. The summed E-state index contributed by atoms with van der Waals surface area (Å²) >= 11 is 3.04. The molecule has 1 rings (SSSR count). The molecular weight excluding hydrogens is 306 g/mol. The second-order valence-electron chi connectivity index (χ2n) is 4.71. The Kier molecular flexibility index (Phi) is 9.28. The lowest BCUT2D eigenvalue weighted by atomic mass is 10.2. The Bertz CT molecular complexity index is 465. The molecule has 0 unspecified atom stereocenters. The normalized spacial score (nSPS) is 11.5. The number of carbonyl (C=O) groups is 1. The third-order valence-corrected chi connectivity index (χ3v) is 3.58. The van der Waals surface area contributed by atoms with Gasteiger partial charge in [0.15, 0.2) is 0 Å². The molecule has 0 saturated heterocycles. The van der Waals surface area contributed by atoms with Crippen LogP contribution in [0.25, 0.3) is 0 Å². The second-order valence-corrected chi connectivity index (χ2v) is 6.45. The Morgan fingerprint density at radius 2 is 2.10 bits per heavy atom. The van der Waals surface area contributed by atoms with Crippen molar-refractivity contribution in [3.63, 3.8) is 0 Å². The van der Waals surface area contributed by atoms with E-state index in [1.807, 2.05) is 46.3 Å².